The molecule has 0 aromatic heterocycles. The van der Waals surface area contributed by atoms with E-state index in [2.05, 4.69) is 13.8 Å². The summed E-state index contributed by atoms with van der Waals surface area (Å²) >= 11 is 0. The molecule has 0 aromatic rings. The van der Waals surface area contributed by atoms with Gasteiger partial charge in [-0.2, -0.15) is 0 Å². The van der Waals surface area contributed by atoms with E-state index in [1.54, 1.807) is 0 Å². The van der Waals surface area contributed by atoms with Crippen molar-refractivity contribution >= 4 is 24.4 Å². The Morgan fingerprint density at radius 3 is 1.20 bits per heavy atom. The molecule has 0 aliphatic heterocycles. The van der Waals surface area contributed by atoms with Gasteiger partial charge in [0.05, 0.1) is 0 Å². The molecule has 0 saturated heterocycles. The van der Waals surface area contributed by atoms with E-state index in [0.717, 1.165) is 0 Å². The smallest absolute Gasteiger partial charge is 0 e. The maximum atomic E-state index is 2.26. The average molecular weight is 250 g/mol. The van der Waals surface area contributed by atoms with E-state index in [1.165, 1.54) is 38.5 Å². The summed E-state index contributed by atoms with van der Waals surface area (Å²) in [5.41, 5.74) is 0. The van der Waals surface area contributed by atoms with E-state index < -0.39 is 0 Å². The van der Waals surface area contributed by atoms with Gasteiger partial charge in [0.25, 0.3) is 0 Å². The normalized spacial score (nSPS) is 7.80. The van der Waals surface area contributed by atoms with Crippen LogP contribution in [0, 0.1) is 0 Å². The van der Waals surface area contributed by atoms with Crippen LogP contribution in [-0.4, -0.2) is 24.4 Å². The Morgan fingerprint density at radius 2 is 1.00 bits per heavy atom. The molecule has 0 amide bonds. The maximum absolute atomic E-state index is 2.26. The van der Waals surface area contributed by atoms with Crippen molar-refractivity contribution in [3.63, 3.8) is 0 Å². The molecule has 2 heteroatoms. The molecule has 0 spiro atoms. The molecule has 0 atom stereocenters. The van der Waals surface area contributed by atoms with Gasteiger partial charge in [0.1, 0.15) is 0 Å². The Kier molecular flexibility index (Phi) is 27.9. The van der Waals surface area contributed by atoms with E-state index in [4.69, 9.17) is 0 Å². The molecule has 0 heterocycles. The van der Waals surface area contributed by atoms with Gasteiger partial charge in [0.2, 0.25) is 0 Å². The summed E-state index contributed by atoms with van der Waals surface area (Å²) in [6, 6.07) is 0. The Labute approximate surface area is 83.0 Å². The molecule has 10 heavy (non-hydrogen) atoms. The standard InChI is InChI=1S/C8H18.N.Sb/c1-3-5-7-8-6-4-2;;/h3-8H2,1-2H3;;. The largest absolute Gasteiger partial charge is 0.0654 e. The molecule has 6 radical (unpaired) electrons. The fraction of sp³-hybridized carbons (Fsp3) is 1.00. The van der Waals surface area contributed by atoms with Crippen molar-refractivity contribution in [1.29, 1.82) is 0 Å². The number of nitrogens with zero attached hydrogens (tertiary/aromatic N) is 1. The van der Waals surface area contributed by atoms with Gasteiger partial charge in [0.15, 0.2) is 0 Å². The van der Waals surface area contributed by atoms with Crippen LogP contribution in [0.15, 0.2) is 0 Å². The van der Waals surface area contributed by atoms with Gasteiger partial charge in [-0.05, 0) is 0 Å². The monoisotopic (exact) mass is 249 g/mol. The van der Waals surface area contributed by atoms with Crippen LogP contribution in [0.1, 0.15) is 52.4 Å². The first-order chi connectivity index (χ1) is 3.91. The second-order valence-corrected chi connectivity index (χ2v) is 2.41. The molecule has 60 valence electrons. The van der Waals surface area contributed by atoms with Crippen LogP contribution in [-0.2, 0) is 0 Å². The van der Waals surface area contributed by atoms with Gasteiger partial charge in [-0.25, -0.2) is 0 Å². The van der Waals surface area contributed by atoms with Crippen molar-refractivity contribution in [3.8, 4) is 0 Å². The number of unbranched alkanes of at least 4 members (excludes halogenated alkanes) is 5. The molecule has 0 saturated carbocycles. The molecule has 0 N–H and O–H groups in total. The van der Waals surface area contributed by atoms with Crippen molar-refractivity contribution < 1.29 is 0 Å². The summed E-state index contributed by atoms with van der Waals surface area (Å²) in [7, 11) is 0. The zero-order valence-electron chi connectivity index (χ0n) is 7.14. The molecule has 0 rings (SSSR count). The summed E-state index contributed by atoms with van der Waals surface area (Å²) in [4.78, 5) is 0. The van der Waals surface area contributed by atoms with Crippen LogP contribution < -0.4 is 6.15 Å². The predicted octanol–water partition coefficient (Wildman–Crippen LogP) is 2.51. The molecule has 0 unspecified atom stereocenters. The van der Waals surface area contributed by atoms with Gasteiger partial charge < -0.3 is 0 Å². The average Bonchev–Trinajstić information content (AvgIpc) is 1.81. The molecule has 0 fully saturated rings. The Balaban J connectivity index is -0.000000245. The molecule has 0 aromatic carbocycles. The van der Waals surface area contributed by atoms with Crippen molar-refractivity contribution in [3.05, 3.63) is 0 Å². The third-order valence-electron chi connectivity index (χ3n) is 1.46. The van der Waals surface area contributed by atoms with Gasteiger partial charge in [-0.3, -0.25) is 0 Å². The summed E-state index contributed by atoms with van der Waals surface area (Å²) < 4.78 is 0. The van der Waals surface area contributed by atoms with Crippen LogP contribution >= 0.6 is 0 Å². The quantitative estimate of drug-likeness (QED) is 0.530. The number of hydrogen-bond acceptors (Lipinski definition) is 0. The van der Waals surface area contributed by atoms with Gasteiger partial charge in [-0.1, -0.05) is 52.4 Å². The number of rotatable bonds is 5. The fourth-order valence-corrected chi connectivity index (χ4v) is 0.854. The van der Waals surface area contributed by atoms with Crippen LogP contribution in [0.5, 0.6) is 0 Å². The van der Waals surface area contributed by atoms with Crippen LogP contribution in [0.25, 0.3) is 0 Å². The SMILES string of the molecule is CCCCCCCC.[N].[Sb]. The van der Waals surface area contributed by atoms with E-state index in [9.17, 15) is 0 Å². The van der Waals surface area contributed by atoms with E-state index in [-0.39, 0.29) is 30.6 Å². The first-order valence-electron chi connectivity index (χ1n) is 3.91. The third-order valence-corrected chi connectivity index (χ3v) is 1.46. The molecule has 1 nitrogen and oxygen atoms in total. The van der Waals surface area contributed by atoms with Crippen molar-refractivity contribution in [2.75, 3.05) is 0 Å². The van der Waals surface area contributed by atoms with Gasteiger partial charge in [-0.15, -0.1) is 0 Å². The second kappa shape index (κ2) is 16.4. The van der Waals surface area contributed by atoms with Crippen molar-refractivity contribution in [2.45, 2.75) is 52.4 Å². The number of hydrogen-bond donors (Lipinski definition) is 0. The van der Waals surface area contributed by atoms with Crippen molar-refractivity contribution in [1.82, 2.24) is 6.15 Å². The maximum Gasteiger partial charge on any atom is 0 e. The minimum Gasteiger partial charge on any atom is -0.0654 e. The van der Waals surface area contributed by atoms with E-state index >= 15 is 0 Å². The molecule has 0 aliphatic rings. The molecular weight excluding hydrogens is 232 g/mol. The topological polar surface area (TPSA) is 30.5 Å². The van der Waals surface area contributed by atoms with E-state index in [0.29, 0.717) is 0 Å². The minimum atomic E-state index is 0. The predicted molar refractivity (Wildman–Crippen MR) is 46.9 cm³/mol. The summed E-state index contributed by atoms with van der Waals surface area (Å²) in [5.74, 6) is 0. The Morgan fingerprint density at radius 1 is 0.700 bits per heavy atom. The van der Waals surface area contributed by atoms with Crippen molar-refractivity contribution in [2.24, 2.45) is 0 Å². The Bertz CT molecular complexity index is 34.2. The molecule has 0 aliphatic carbocycles. The minimum absolute atomic E-state index is 0. The summed E-state index contributed by atoms with van der Waals surface area (Å²) in [6.07, 6.45) is 8.49. The van der Waals surface area contributed by atoms with Crippen LogP contribution in [0.4, 0.5) is 0 Å². The summed E-state index contributed by atoms with van der Waals surface area (Å²) in [5, 5.41) is 0. The first-order valence-corrected chi connectivity index (χ1v) is 3.91. The fourth-order valence-electron chi connectivity index (χ4n) is 0.854. The third kappa shape index (κ3) is 15.9. The molecular formula is C8H18NSb. The van der Waals surface area contributed by atoms with Crippen LogP contribution in [0.2, 0.25) is 0 Å². The molecule has 0 bridgehead atoms. The second-order valence-electron chi connectivity index (χ2n) is 2.41. The van der Waals surface area contributed by atoms with Gasteiger partial charge >= 0.3 is 0 Å². The van der Waals surface area contributed by atoms with Gasteiger partial charge in [0, 0.05) is 30.6 Å². The van der Waals surface area contributed by atoms with Crippen LogP contribution in [0.3, 0.4) is 0 Å². The zero-order chi connectivity index (χ0) is 6.24. The zero-order valence-corrected chi connectivity index (χ0v) is 9.69. The first kappa shape index (κ1) is 17.0. The summed E-state index contributed by atoms with van der Waals surface area (Å²) in [6.45, 7) is 4.51. The Hall–Kier alpha value is 0.778. The van der Waals surface area contributed by atoms with E-state index in [1.807, 2.05) is 0 Å².